The second-order valence-corrected chi connectivity index (χ2v) is 6.68. The molecule has 1 amide bonds. The van der Waals surface area contributed by atoms with E-state index in [4.69, 9.17) is 0 Å². The van der Waals surface area contributed by atoms with Gasteiger partial charge in [0.15, 0.2) is 0 Å². The predicted molar refractivity (Wildman–Crippen MR) is 89.4 cm³/mol. The lowest BCUT2D eigenvalue weighted by Gasteiger charge is -2.39. The summed E-state index contributed by atoms with van der Waals surface area (Å²) in [4.78, 5) is 24.1. The molecule has 2 aromatic rings. The minimum Gasteiger partial charge on any atom is -0.481 e. The van der Waals surface area contributed by atoms with Crippen molar-refractivity contribution in [1.82, 2.24) is 15.5 Å². The van der Waals surface area contributed by atoms with Crippen molar-refractivity contribution in [3.05, 3.63) is 41.8 Å². The van der Waals surface area contributed by atoms with Gasteiger partial charge in [0, 0.05) is 5.56 Å². The second-order valence-electron chi connectivity index (χ2n) is 6.68. The molecule has 3 rings (SSSR count). The Hall–Kier alpha value is -2.70. The van der Waals surface area contributed by atoms with Gasteiger partial charge in [-0.1, -0.05) is 12.8 Å². The van der Waals surface area contributed by atoms with Crippen molar-refractivity contribution in [3.63, 3.8) is 0 Å². The molecule has 1 heterocycles. The SMILES string of the molecule is CC1(NC(=O)c2cc(-c3ccc(F)cc3)n[nH]2)CCCCC1C(=O)O. The maximum absolute atomic E-state index is 13.0. The molecule has 1 aliphatic carbocycles. The molecule has 1 aromatic carbocycles. The Morgan fingerprint density at radius 3 is 2.72 bits per heavy atom. The zero-order valence-corrected chi connectivity index (χ0v) is 13.9. The highest BCUT2D eigenvalue weighted by molar-refractivity contribution is 5.94. The van der Waals surface area contributed by atoms with Crippen LogP contribution in [0.5, 0.6) is 0 Å². The standard InChI is InChI=1S/C18H20FN3O3/c1-18(9-3-2-4-13(18)17(24)25)20-16(23)15-10-14(21-22-15)11-5-7-12(19)8-6-11/h5-8,10,13H,2-4,9H2,1H3,(H,20,23)(H,21,22)(H,24,25). The summed E-state index contributed by atoms with van der Waals surface area (Å²) in [5.41, 5.74) is 0.662. The summed E-state index contributed by atoms with van der Waals surface area (Å²) in [5, 5.41) is 19.0. The molecule has 0 bridgehead atoms. The van der Waals surface area contributed by atoms with Gasteiger partial charge in [-0.2, -0.15) is 5.10 Å². The van der Waals surface area contributed by atoms with Crippen molar-refractivity contribution in [1.29, 1.82) is 0 Å². The predicted octanol–water partition coefficient (Wildman–Crippen LogP) is 2.98. The third kappa shape index (κ3) is 3.55. The molecule has 1 aromatic heterocycles. The Labute approximate surface area is 144 Å². The van der Waals surface area contributed by atoms with Gasteiger partial charge in [-0.15, -0.1) is 0 Å². The van der Waals surface area contributed by atoms with Crippen LogP contribution in [-0.4, -0.2) is 32.7 Å². The maximum Gasteiger partial charge on any atom is 0.308 e. The van der Waals surface area contributed by atoms with Crippen molar-refractivity contribution in [2.75, 3.05) is 0 Å². The first-order chi connectivity index (χ1) is 11.9. The number of hydrogen-bond acceptors (Lipinski definition) is 3. The van der Waals surface area contributed by atoms with E-state index in [1.54, 1.807) is 25.1 Å². The minimum atomic E-state index is -0.890. The summed E-state index contributed by atoms with van der Waals surface area (Å²) in [6.45, 7) is 1.78. The molecule has 0 radical (unpaired) electrons. The van der Waals surface area contributed by atoms with Crippen molar-refractivity contribution < 1.29 is 19.1 Å². The number of aliphatic carboxylic acids is 1. The third-order valence-electron chi connectivity index (χ3n) is 4.87. The highest BCUT2D eigenvalue weighted by Crippen LogP contribution is 2.34. The smallest absolute Gasteiger partial charge is 0.308 e. The van der Waals surface area contributed by atoms with E-state index in [1.807, 2.05) is 0 Å². The molecule has 0 aliphatic heterocycles. The average Bonchev–Trinajstić information content (AvgIpc) is 3.05. The van der Waals surface area contributed by atoms with Crippen LogP contribution in [0.2, 0.25) is 0 Å². The number of carboxylic acids is 1. The molecular weight excluding hydrogens is 325 g/mol. The molecule has 0 saturated heterocycles. The topological polar surface area (TPSA) is 95.1 Å². The largest absolute Gasteiger partial charge is 0.481 e. The number of aromatic amines is 1. The number of hydrogen-bond donors (Lipinski definition) is 3. The molecular formula is C18H20FN3O3. The molecule has 2 unspecified atom stereocenters. The quantitative estimate of drug-likeness (QED) is 0.794. The van der Waals surface area contributed by atoms with Crippen LogP contribution in [0, 0.1) is 11.7 Å². The Bertz CT molecular complexity index is 787. The van der Waals surface area contributed by atoms with Crippen molar-refractivity contribution in [2.24, 2.45) is 5.92 Å². The molecule has 1 aliphatic rings. The van der Waals surface area contributed by atoms with Gasteiger partial charge in [-0.25, -0.2) is 4.39 Å². The van der Waals surface area contributed by atoms with Crippen molar-refractivity contribution in [3.8, 4) is 11.3 Å². The number of amides is 1. The highest BCUT2D eigenvalue weighted by Gasteiger charge is 2.42. The van der Waals surface area contributed by atoms with E-state index >= 15 is 0 Å². The van der Waals surface area contributed by atoms with Crippen LogP contribution >= 0.6 is 0 Å². The number of rotatable bonds is 4. The summed E-state index contributed by atoms with van der Waals surface area (Å²) in [6.07, 6.45) is 2.90. The van der Waals surface area contributed by atoms with Gasteiger partial charge < -0.3 is 10.4 Å². The van der Waals surface area contributed by atoms with Crippen LogP contribution in [-0.2, 0) is 4.79 Å². The summed E-state index contributed by atoms with van der Waals surface area (Å²) in [5.74, 6) is -2.23. The fourth-order valence-electron chi connectivity index (χ4n) is 3.41. The molecule has 25 heavy (non-hydrogen) atoms. The normalized spacial score (nSPS) is 23.2. The van der Waals surface area contributed by atoms with Gasteiger partial charge in [-0.3, -0.25) is 14.7 Å². The van der Waals surface area contributed by atoms with E-state index in [9.17, 15) is 19.1 Å². The molecule has 1 fully saturated rings. The number of nitrogens with zero attached hydrogens (tertiary/aromatic N) is 1. The van der Waals surface area contributed by atoms with Crippen LogP contribution < -0.4 is 5.32 Å². The fraction of sp³-hybridized carbons (Fsp3) is 0.389. The molecule has 0 spiro atoms. The van der Waals surface area contributed by atoms with E-state index in [-0.39, 0.29) is 11.5 Å². The van der Waals surface area contributed by atoms with Crippen LogP contribution in [0.4, 0.5) is 4.39 Å². The first kappa shape index (κ1) is 17.1. The lowest BCUT2D eigenvalue weighted by atomic mass is 9.74. The summed E-state index contributed by atoms with van der Waals surface area (Å²) in [6, 6.07) is 7.38. The summed E-state index contributed by atoms with van der Waals surface area (Å²) >= 11 is 0. The highest BCUT2D eigenvalue weighted by atomic mass is 19.1. The number of halogens is 1. The van der Waals surface area contributed by atoms with Crippen molar-refractivity contribution in [2.45, 2.75) is 38.1 Å². The fourth-order valence-corrected chi connectivity index (χ4v) is 3.41. The van der Waals surface area contributed by atoms with Crippen LogP contribution in [0.1, 0.15) is 43.1 Å². The van der Waals surface area contributed by atoms with Gasteiger partial charge in [-0.05, 0) is 50.1 Å². The van der Waals surface area contributed by atoms with Crippen LogP contribution in [0.25, 0.3) is 11.3 Å². The molecule has 3 N–H and O–H groups in total. The molecule has 6 nitrogen and oxygen atoms in total. The zero-order valence-electron chi connectivity index (χ0n) is 13.9. The first-order valence-corrected chi connectivity index (χ1v) is 8.26. The van der Waals surface area contributed by atoms with Crippen LogP contribution in [0.15, 0.2) is 30.3 Å². The number of H-pyrrole nitrogens is 1. The number of carboxylic acid groups (broad SMARTS) is 1. The first-order valence-electron chi connectivity index (χ1n) is 8.26. The Kier molecular flexibility index (Phi) is 4.57. The number of nitrogens with one attached hydrogen (secondary N) is 2. The Morgan fingerprint density at radius 1 is 1.32 bits per heavy atom. The van der Waals surface area contributed by atoms with E-state index in [0.29, 0.717) is 24.1 Å². The van der Waals surface area contributed by atoms with Gasteiger partial charge in [0.05, 0.1) is 17.2 Å². The van der Waals surface area contributed by atoms with Gasteiger partial charge in [0.1, 0.15) is 11.5 Å². The van der Waals surface area contributed by atoms with E-state index < -0.39 is 23.3 Å². The van der Waals surface area contributed by atoms with E-state index in [0.717, 1.165) is 12.8 Å². The maximum atomic E-state index is 13.0. The average molecular weight is 345 g/mol. The van der Waals surface area contributed by atoms with Crippen molar-refractivity contribution >= 4 is 11.9 Å². The molecule has 2 atom stereocenters. The zero-order chi connectivity index (χ0) is 18.0. The van der Waals surface area contributed by atoms with Gasteiger partial charge >= 0.3 is 5.97 Å². The minimum absolute atomic E-state index is 0.246. The molecule has 1 saturated carbocycles. The molecule has 7 heteroatoms. The Morgan fingerprint density at radius 2 is 2.04 bits per heavy atom. The third-order valence-corrected chi connectivity index (χ3v) is 4.87. The second kappa shape index (κ2) is 6.66. The molecule has 132 valence electrons. The van der Waals surface area contributed by atoms with E-state index in [2.05, 4.69) is 15.5 Å². The Balaban J connectivity index is 1.77. The number of carbonyl (C=O) groups is 2. The van der Waals surface area contributed by atoms with Crippen LogP contribution in [0.3, 0.4) is 0 Å². The lowest BCUT2D eigenvalue weighted by Crippen LogP contribution is -2.55. The monoisotopic (exact) mass is 345 g/mol. The lowest BCUT2D eigenvalue weighted by molar-refractivity contribution is -0.145. The number of carbonyl (C=O) groups excluding carboxylic acids is 1. The van der Waals surface area contributed by atoms with Gasteiger partial charge in [0.25, 0.3) is 5.91 Å². The number of aromatic nitrogens is 2. The number of benzene rings is 1. The van der Waals surface area contributed by atoms with Gasteiger partial charge in [0.2, 0.25) is 0 Å². The summed E-state index contributed by atoms with van der Waals surface area (Å²) < 4.78 is 13.0. The van der Waals surface area contributed by atoms with E-state index in [1.165, 1.54) is 12.1 Å². The summed E-state index contributed by atoms with van der Waals surface area (Å²) in [7, 11) is 0.